The summed E-state index contributed by atoms with van der Waals surface area (Å²) < 4.78 is 12.2. The van der Waals surface area contributed by atoms with Gasteiger partial charge in [-0.25, -0.2) is 9.97 Å². The lowest BCUT2D eigenvalue weighted by atomic mass is 9.96. The number of pyridine rings is 1. The minimum atomic E-state index is -0.154. The highest BCUT2D eigenvalue weighted by Crippen LogP contribution is 2.29. The van der Waals surface area contributed by atoms with Gasteiger partial charge in [0, 0.05) is 49.9 Å². The van der Waals surface area contributed by atoms with E-state index in [1.165, 1.54) is 0 Å². The molecule has 1 fully saturated rings. The fourth-order valence-electron chi connectivity index (χ4n) is 4.15. The highest BCUT2D eigenvalue weighted by molar-refractivity contribution is 5.83. The molecule has 8 heteroatoms. The first-order chi connectivity index (χ1) is 16.3. The number of nitrogens with two attached hydrogens (primary N) is 1. The molecule has 3 unspecified atom stereocenters. The Bertz CT molecular complexity index is 1130. The molecule has 3 aromatic rings. The molecule has 1 aliphatic rings. The zero-order valence-electron chi connectivity index (χ0n) is 20.3. The molecule has 1 aromatic carbocycles. The molecular formula is C26H33N5O3. The van der Waals surface area contributed by atoms with Crippen molar-refractivity contribution in [3.63, 3.8) is 0 Å². The van der Waals surface area contributed by atoms with Crippen LogP contribution in [-0.4, -0.2) is 58.2 Å². The van der Waals surface area contributed by atoms with Gasteiger partial charge in [0.15, 0.2) is 5.52 Å². The van der Waals surface area contributed by atoms with Crippen molar-refractivity contribution in [3.05, 3.63) is 48.3 Å². The predicted octanol–water partition coefficient (Wildman–Crippen LogP) is 3.61. The molecule has 0 spiro atoms. The van der Waals surface area contributed by atoms with E-state index in [4.69, 9.17) is 20.2 Å². The van der Waals surface area contributed by atoms with Crippen LogP contribution in [0.3, 0.4) is 0 Å². The summed E-state index contributed by atoms with van der Waals surface area (Å²) in [5.74, 6) is 0.973. The summed E-state index contributed by atoms with van der Waals surface area (Å²) in [6.45, 7) is 9.92. The van der Waals surface area contributed by atoms with Gasteiger partial charge in [0.2, 0.25) is 11.8 Å². The Hall–Kier alpha value is -3.10. The van der Waals surface area contributed by atoms with E-state index in [-0.39, 0.29) is 24.0 Å². The van der Waals surface area contributed by atoms with Crippen LogP contribution in [0.1, 0.15) is 39.3 Å². The Labute approximate surface area is 200 Å². The van der Waals surface area contributed by atoms with Crippen LogP contribution in [0.5, 0.6) is 5.88 Å². The highest BCUT2D eigenvalue weighted by atomic mass is 16.5. The summed E-state index contributed by atoms with van der Waals surface area (Å²) in [5.41, 5.74) is 10.4. The van der Waals surface area contributed by atoms with E-state index < -0.39 is 0 Å². The number of ether oxygens (including phenoxy) is 2. The molecule has 8 nitrogen and oxygen atoms in total. The molecule has 0 radical (unpaired) electrons. The van der Waals surface area contributed by atoms with Crippen molar-refractivity contribution in [2.75, 3.05) is 26.3 Å². The smallest absolute Gasteiger partial charge is 0.242 e. The molecule has 1 amide bonds. The van der Waals surface area contributed by atoms with Gasteiger partial charge < -0.3 is 20.1 Å². The maximum Gasteiger partial charge on any atom is 0.242 e. The van der Waals surface area contributed by atoms with Crippen molar-refractivity contribution in [2.24, 2.45) is 17.6 Å². The zero-order valence-corrected chi connectivity index (χ0v) is 20.3. The van der Waals surface area contributed by atoms with Crippen LogP contribution in [0, 0.1) is 11.8 Å². The monoisotopic (exact) mass is 463 g/mol. The summed E-state index contributed by atoms with van der Waals surface area (Å²) in [6, 6.07) is 10.1. The van der Waals surface area contributed by atoms with Gasteiger partial charge in [-0.1, -0.05) is 45.0 Å². The van der Waals surface area contributed by atoms with Crippen LogP contribution >= 0.6 is 0 Å². The highest BCUT2D eigenvalue weighted by Gasteiger charge is 2.27. The van der Waals surface area contributed by atoms with Crippen molar-refractivity contribution >= 4 is 16.9 Å². The van der Waals surface area contributed by atoms with Gasteiger partial charge in [0.25, 0.3) is 0 Å². The van der Waals surface area contributed by atoms with Gasteiger partial charge in [-0.2, -0.15) is 0 Å². The number of carbonyl (C=O) groups is 1. The zero-order chi connectivity index (χ0) is 24.2. The quantitative estimate of drug-likeness (QED) is 0.595. The second-order valence-electron chi connectivity index (χ2n) is 9.29. The van der Waals surface area contributed by atoms with E-state index in [2.05, 4.69) is 30.7 Å². The van der Waals surface area contributed by atoms with E-state index in [0.717, 1.165) is 16.8 Å². The molecule has 2 N–H and O–H groups in total. The number of hydrogen-bond acceptors (Lipinski definition) is 7. The third-order valence-corrected chi connectivity index (χ3v) is 6.40. The average Bonchev–Trinajstić information content (AvgIpc) is 3.03. The van der Waals surface area contributed by atoms with Crippen LogP contribution in [0.4, 0.5) is 0 Å². The molecule has 0 saturated carbocycles. The van der Waals surface area contributed by atoms with Crippen LogP contribution in [0.15, 0.2) is 42.7 Å². The molecule has 34 heavy (non-hydrogen) atoms. The lowest BCUT2D eigenvalue weighted by Gasteiger charge is -2.24. The summed E-state index contributed by atoms with van der Waals surface area (Å²) in [6.07, 6.45) is 3.14. The number of nitrogens with zero attached hydrogens (tertiary/aromatic N) is 4. The first kappa shape index (κ1) is 24.0. The molecule has 0 bridgehead atoms. The van der Waals surface area contributed by atoms with E-state index in [9.17, 15) is 4.79 Å². The second kappa shape index (κ2) is 10.4. The topological polar surface area (TPSA) is 103 Å². The molecule has 1 aliphatic heterocycles. The maximum atomic E-state index is 11.8. The fourth-order valence-corrected chi connectivity index (χ4v) is 4.15. The first-order valence-corrected chi connectivity index (χ1v) is 11.8. The number of benzene rings is 1. The molecule has 2 aromatic heterocycles. The minimum Gasteiger partial charge on any atom is -0.473 e. The largest absolute Gasteiger partial charge is 0.473 e. The molecule has 180 valence electrons. The van der Waals surface area contributed by atoms with Gasteiger partial charge in [-0.15, -0.1) is 0 Å². The Morgan fingerprint density at radius 2 is 1.97 bits per heavy atom. The van der Waals surface area contributed by atoms with Gasteiger partial charge in [0.1, 0.15) is 6.61 Å². The number of carbonyl (C=O) groups excluding carboxylic acids is 1. The maximum absolute atomic E-state index is 11.8. The number of fused-ring (bicyclic) bond motifs is 1. The molecular weight excluding hydrogens is 430 g/mol. The number of aromatic nitrogens is 3. The Morgan fingerprint density at radius 3 is 2.68 bits per heavy atom. The summed E-state index contributed by atoms with van der Waals surface area (Å²) in [5, 5.41) is 0. The van der Waals surface area contributed by atoms with E-state index >= 15 is 0 Å². The molecule has 4 rings (SSSR count). The molecule has 3 atom stereocenters. The number of rotatable bonds is 6. The Kier molecular flexibility index (Phi) is 7.38. The van der Waals surface area contributed by atoms with Crippen molar-refractivity contribution < 1.29 is 14.3 Å². The number of amides is 1. The average molecular weight is 464 g/mol. The molecule has 3 heterocycles. The lowest BCUT2D eigenvalue weighted by molar-refractivity contribution is -0.129. The van der Waals surface area contributed by atoms with E-state index in [1.54, 1.807) is 19.3 Å². The fraction of sp³-hybridized carbons (Fsp3) is 0.462. The van der Waals surface area contributed by atoms with Gasteiger partial charge in [0.05, 0.1) is 23.9 Å². The molecule has 0 aliphatic carbocycles. The van der Waals surface area contributed by atoms with Gasteiger partial charge in [-0.05, 0) is 17.5 Å². The van der Waals surface area contributed by atoms with Crippen LogP contribution in [0.2, 0.25) is 0 Å². The Balaban J connectivity index is 1.58. The molecule has 1 saturated heterocycles. The standard InChI is InChI=1S/C26H33N5O3/c1-16(2)24(27)20-7-5-19(6-8-20)21-13-22-25(29-10-9-28-22)26(30-21)34-15-23-17(3)14-31(18(4)32)11-12-33-23/h5-10,13,16-17,23-24H,11-12,14-15,27H2,1-4H3. The first-order valence-electron chi connectivity index (χ1n) is 11.8. The van der Waals surface area contributed by atoms with Crippen LogP contribution in [-0.2, 0) is 9.53 Å². The van der Waals surface area contributed by atoms with Gasteiger partial charge in [-0.3, -0.25) is 9.78 Å². The summed E-state index contributed by atoms with van der Waals surface area (Å²) in [7, 11) is 0. The van der Waals surface area contributed by atoms with E-state index in [1.807, 2.05) is 35.2 Å². The van der Waals surface area contributed by atoms with E-state index in [0.29, 0.717) is 49.1 Å². The lowest BCUT2D eigenvalue weighted by Crippen LogP contribution is -2.36. The van der Waals surface area contributed by atoms with Crippen molar-refractivity contribution in [2.45, 2.75) is 39.8 Å². The van der Waals surface area contributed by atoms with Crippen molar-refractivity contribution in [1.82, 2.24) is 19.9 Å². The predicted molar refractivity (Wildman–Crippen MR) is 131 cm³/mol. The second-order valence-corrected chi connectivity index (χ2v) is 9.29. The summed E-state index contributed by atoms with van der Waals surface area (Å²) >= 11 is 0. The van der Waals surface area contributed by atoms with Crippen LogP contribution < -0.4 is 10.5 Å². The normalized spacial score (nSPS) is 19.8. The SMILES string of the molecule is CC(=O)N1CCOC(COc2nc(-c3ccc(C(N)C(C)C)cc3)cc3nccnc23)C(C)C1. The van der Waals surface area contributed by atoms with Crippen molar-refractivity contribution in [3.8, 4) is 17.1 Å². The van der Waals surface area contributed by atoms with Crippen LogP contribution in [0.25, 0.3) is 22.3 Å². The summed E-state index contributed by atoms with van der Waals surface area (Å²) in [4.78, 5) is 27.3. The number of hydrogen-bond donors (Lipinski definition) is 1. The van der Waals surface area contributed by atoms with Crippen molar-refractivity contribution in [1.29, 1.82) is 0 Å². The third-order valence-electron chi connectivity index (χ3n) is 6.40. The minimum absolute atomic E-state index is 0.0103. The Morgan fingerprint density at radius 1 is 1.24 bits per heavy atom. The third kappa shape index (κ3) is 5.34. The van der Waals surface area contributed by atoms with Gasteiger partial charge >= 0.3 is 0 Å².